The van der Waals surface area contributed by atoms with Gasteiger partial charge in [-0.25, -0.2) is 0 Å². The summed E-state index contributed by atoms with van der Waals surface area (Å²) in [5, 5.41) is 0. The van der Waals surface area contributed by atoms with E-state index < -0.39 is 0 Å². The van der Waals surface area contributed by atoms with Crippen LogP contribution in [0, 0.1) is 0 Å². The molecule has 1 aromatic carbocycles. The number of rotatable bonds is 2. The van der Waals surface area contributed by atoms with Gasteiger partial charge in [0.05, 0.1) is 0 Å². The highest BCUT2D eigenvalue weighted by atomic mass is 79.9. The van der Waals surface area contributed by atoms with Crippen molar-refractivity contribution in [2.24, 2.45) is 5.73 Å². The van der Waals surface area contributed by atoms with Crippen LogP contribution in [0.1, 0.15) is 12.0 Å². The van der Waals surface area contributed by atoms with Crippen molar-refractivity contribution in [3.63, 3.8) is 0 Å². The third-order valence-corrected chi connectivity index (χ3v) is 3.43. The Balaban J connectivity index is 0.00000112. The van der Waals surface area contributed by atoms with Crippen LogP contribution in [0.15, 0.2) is 28.7 Å². The summed E-state index contributed by atoms with van der Waals surface area (Å²) >= 11 is 3.56. The molecule has 92 valence electrons. The molecule has 1 aliphatic rings. The molecule has 2 N–H and O–H groups in total. The van der Waals surface area contributed by atoms with Gasteiger partial charge in [0.2, 0.25) is 0 Å². The van der Waals surface area contributed by atoms with Crippen LogP contribution < -0.4 is 5.73 Å². The zero-order valence-electron chi connectivity index (χ0n) is 8.93. The summed E-state index contributed by atoms with van der Waals surface area (Å²) in [6.45, 7) is 3.17. The molecule has 2 rings (SSSR count). The van der Waals surface area contributed by atoms with E-state index in [1.807, 2.05) is 6.07 Å². The predicted octanol–water partition coefficient (Wildman–Crippen LogP) is 2.83. The van der Waals surface area contributed by atoms with Crippen molar-refractivity contribution in [1.82, 2.24) is 4.90 Å². The Hall–Kier alpha value is 0.200. The van der Waals surface area contributed by atoms with E-state index >= 15 is 0 Å². The molecular formula is C11H17BrCl2N2. The Morgan fingerprint density at radius 3 is 2.56 bits per heavy atom. The van der Waals surface area contributed by atoms with Gasteiger partial charge in [0.25, 0.3) is 0 Å². The average Bonchev–Trinajstić information content (AvgIpc) is 2.56. The van der Waals surface area contributed by atoms with E-state index in [1.54, 1.807) is 0 Å². The number of nitrogens with zero attached hydrogens (tertiary/aromatic N) is 1. The van der Waals surface area contributed by atoms with E-state index in [1.165, 1.54) is 10.0 Å². The van der Waals surface area contributed by atoms with Gasteiger partial charge in [0.1, 0.15) is 0 Å². The standard InChI is InChI=1S/C11H15BrN2.2ClH/c12-11-4-2-1-3-9(11)7-14-6-5-10(13)8-14;;/h1-4,10H,5-8,13H2;2*1H. The minimum absolute atomic E-state index is 0. The van der Waals surface area contributed by atoms with Gasteiger partial charge in [0.15, 0.2) is 0 Å². The highest BCUT2D eigenvalue weighted by molar-refractivity contribution is 9.10. The number of halogens is 3. The lowest BCUT2D eigenvalue weighted by molar-refractivity contribution is 0.326. The number of nitrogens with two attached hydrogens (primary N) is 1. The third-order valence-electron chi connectivity index (χ3n) is 2.66. The Kier molecular flexibility index (Phi) is 7.61. The van der Waals surface area contributed by atoms with Crippen LogP contribution in [0.3, 0.4) is 0 Å². The van der Waals surface area contributed by atoms with Crippen LogP contribution >= 0.6 is 40.7 Å². The first-order valence-electron chi connectivity index (χ1n) is 4.97. The molecule has 1 saturated heterocycles. The van der Waals surface area contributed by atoms with E-state index in [-0.39, 0.29) is 24.8 Å². The zero-order chi connectivity index (χ0) is 9.97. The van der Waals surface area contributed by atoms with E-state index in [4.69, 9.17) is 5.73 Å². The van der Waals surface area contributed by atoms with Gasteiger partial charge in [-0.2, -0.15) is 0 Å². The summed E-state index contributed by atoms with van der Waals surface area (Å²) in [6.07, 6.45) is 1.13. The molecule has 5 heteroatoms. The number of hydrogen-bond donors (Lipinski definition) is 1. The monoisotopic (exact) mass is 326 g/mol. The fourth-order valence-electron chi connectivity index (χ4n) is 1.87. The molecule has 1 aromatic rings. The molecule has 0 amide bonds. The molecule has 0 saturated carbocycles. The van der Waals surface area contributed by atoms with Crippen molar-refractivity contribution in [3.8, 4) is 0 Å². The van der Waals surface area contributed by atoms with Gasteiger partial charge >= 0.3 is 0 Å². The van der Waals surface area contributed by atoms with Crippen molar-refractivity contribution in [3.05, 3.63) is 34.3 Å². The van der Waals surface area contributed by atoms with Gasteiger partial charge in [-0.1, -0.05) is 34.1 Å². The molecule has 0 spiro atoms. The first-order chi connectivity index (χ1) is 6.75. The maximum atomic E-state index is 5.86. The quantitative estimate of drug-likeness (QED) is 0.905. The molecule has 0 aromatic heterocycles. The number of likely N-dealkylation sites (tertiary alicyclic amines) is 1. The Morgan fingerprint density at radius 1 is 1.31 bits per heavy atom. The van der Waals surface area contributed by atoms with Gasteiger partial charge < -0.3 is 5.73 Å². The summed E-state index contributed by atoms with van der Waals surface area (Å²) in [4.78, 5) is 2.41. The van der Waals surface area contributed by atoms with Crippen LogP contribution in [0.5, 0.6) is 0 Å². The summed E-state index contributed by atoms with van der Waals surface area (Å²) in [7, 11) is 0. The van der Waals surface area contributed by atoms with Crippen molar-refractivity contribution in [1.29, 1.82) is 0 Å². The van der Waals surface area contributed by atoms with Crippen LogP contribution in [-0.2, 0) is 6.54 Å². The fraction of sp³-hybridized carbons (Fsp3) is 0.455. The van der Waals surface area contributed by atoms with Crippen molar-refractivity contribution >= 4 is 40.7 Å². The normalized spacial score (nSPS) is 20.0. The van der Waals surface area contributed by atoms with Crippen LogP contribution in [0.25, 0.3) is 0 Å². The molecule has 0 bridgehead atoms. The molecule has 1 fully saturated rings. The zero-order valence-corrected chi connectivity index (χ0v) is 12.2. The van der Waals surface area contributed by atoms with Gasteiger partial charge in [-0.15, -0.1) is 24.8 Å². The minimum atomic E-state index is 0. The van der Waals surface area contributed by atoms with E-state index in [9.17, 15) is 0 Å². The maximum absolute atomic E-state index is 5.86. The second kappa shape index (κ2) is 7.51. The first kappa shape index (κ1) is 16.2. The summed E-state index contributed by atoms with van der Waals surface area (Å²) in [6, 6.07) is 8.75. The maximum Gasteiger partial charge on any atom is 0.0245 e. The average molecular weight is 328 g/mol. The highest BCUT2D eigenvalue weighted by Gasteiger charge is 2.19. The third kappa shape index (κ3) is 4.22. The lowest BCUT2D eigenvalue weighted by atomic mass is 10.2. The lowest BCUT2D eigenvalue weighted by Crippen LogP contribution is -2.26. The van der Waals surface area contributed by atoms with Crippen LogP contribution in [-0.4, -0.2) is 24.0 Å². The molecule has 1 atom stereocenters. The van der Waals surface area contributed by atoms with Gasteiger partial charge in [0, 0.05) is 30.1 Å². The second-order valence-electron chi connectivity index (χ2n) is 3.88. The summed E-state index contributed by atoms with van der Waals surface area (Å²) in [5.74, 6) is 0. The summed E-state index contributed by atoms with van der Waals surface area (Å²) < 4.78 is 1.19. The Labute approximate surface area is 118 Å². The van der Waals surface area contributed by atoms with Crippen molar-refractivity contribution in [2.45, 2.75) is 19.0 Å². The van der Waals surface area contributed by atoms with Crippen LogP contribution in [0.4, 0.5) is 0 Å². The lowest BCUT2D eigenvalue weighted by Gasteiger charge is -2.15. The topological polar surface area (TPSA) is 29.3 Å². The minimum Gasteiger partial charge on any atom is -0.326 e. The van der Waals surface area contributed by atoms with E-state index in [2.05, 4.69) is 39.0 Å². The molecule has 1 heterocycles. The van der Waals surface area contributed by atoms with Gasteiger partial charge in [-0.05, 0) is 18.1 Å². The second-order valence-corrected chi connectivity index (χ2v) is 4.73. The van der Waals surface area contributed by atoms with Gasteiger partial charge in [-0.3, -0.25) is 4.90 Å². The molecule has 1 unspecified atom stereocenters. The predicted molar refractivity (Wildman–Crippen MR) is 76.5 cm³/mol. The largest absolute Gasteiger partial charge is 0.326 e. The molecule has 2 nitrogen and oxygen atoms in total. The number of hydrogen-bond acceptors (Lipinski definition) is 2. The Bertz CT molecular complexity index is 323. The van der Waals surface area contributed by atoms with E-state index in [0.29, 0.717) is 6.04 Å². The number of benzene rings is 1. The molecule has 16 heavy (non-hydrogen) atoms. The summed E-state index contributed by atoms with van der Waals surface area (Å²) in [5.41, 5.74) is 7.21. The molecule has 1 aliphatic heterocycles. The smallest absolute Gasteiger partial charge is 0.0245 e. The fourth-order valence-corrected chi connectivity index (χ4v) is 2.28. The van der Waals surface area contributed by atoms with Crippen molar-refractivity contribution < 1.29 is 0 Å². The Morgan fingerprint density at radius 2 is 2.00 bits per heavy atom. The molecular weight excluding hydrogens is 311 g/mol. The molecule has 0 aliphatic carbocycles. The molecule has 0 radical (unpaired) electrons. The van der Waals surface area contributed by atoms with E-state index in [0.717, 1.165) is 26.1 Å². The first-order valence-corrected chi connectivity index (χ1v) is 5.76. The van der Waals surface area contributed by atoms with Crippen molar-refractivity contribution in [2.75, 3.05) is 13.1 Å². The SMILES string of the molecule is Cl.Cl.NC1CCN(Cc2ccccc2Br)C1. The van der Waals surface area contributed by atoms with Crippen LogP contribution in [0.2, 0.25) is 0 Å². The highest BCUT2D eigenvalue weighted by Crippen LogP contribution is 2.19.